The van der Waals surface area contributed by atoms with E-state index in [1.54, 1.807) is 6.07 Å². The normalized spacial score (nSPS) is 15.5. The van der Waals surface area contributed by atoms with Crippen LogP contribution < -0.4 is 15.8 Å². The zero-order chi connectivity index (χ0) is 24.2. The lowest BCUT2D eigenvalue weighted by Gasteiger charge is -2.40. The second-order valence-electron chi connectivity index (χ2n) is 9.22. The van der Waals surface area contributed by atoms with E-state index in [0.29, 0.717) is 18.3 Å². The van der Waals surface area contributed by atoms with Crippen molar-refractivity contribution in [2.45, 2.75) is 83.6 Å². The maximum absolute atomic E-state index is 13.0. The van der Waals surface area contributed by atoms with E-state index in [1.165, 1.54) is 18.2 Å². The summed E-state index contributed by atoms with van der Waals surface area (Å²) in [5, 5.41) is 9.54. The summed E-state index contributed by atoms with van der Waals surface area (Å²) in [4.78, 5) is 6.83. The lowest BCUT2D eigenvalue weighted by molar-refractivity contribution is -0.184. The molecule has 1 unspecified atom stereocenters. The number of pyridine rings is 1. The van der Waals surface area contributed by atoms with E-state index < -0.39 is 11.7 Å². The van der Waals surface area contributed by atoms with Gasteiger partial charge in [0.05, 0.1) is 36.1 Å². The molecule has 0 bridgehead atoms. The molecule has 1 aromatic heterocycles. The number of hydrogen-bond acceptors (Lipinski definition) is 5. The van der Waals surface area contributed by atoms with Gasteiger partial charge in [-0.05, 0) is 75.8 Å². The number of aryl methyl sites for hydroxylation is 1. The first-order chi connectivity index (χ1) is 15.6. The zero-order valence-electron chi connectivity index (χ0n) is 19.6. The lowest BCUT2D eigenvalue weighted by atomic mass is 9.88. The predicted molar refractivity (Wildman–Crippen MR) is 125 cm³/mol. The lowest BCUT2D eigenvalue weighted by Crippen LogP contribution is -2.54. The van der Waals surface area contributed by atoms with Gasteiger partial charge in [-0.3, -0.25) is 4.98 Å². The molecule has 0 saturated heterocycles. The third-order valence-electron chi connectivity index (χ3n) is 6.37. The number of benzene rings is 1. The van der Waals surface area contributed by atoms with Gasteiger partial charge in [-0.2, -0.15) is 18.4 Å². The fourth-order valence-electron chi connectivity index (χ4n) is 3.67. The molecule has 1 heterocycles. The summed E-state index contributed by atoms with van der Waals surface area (Å²) in [6, 6.07) is 12.6. The van der Waals surface area contributed by atoms with Crippen molar-refractivity contribution in [3.05, 3.63) is 53.3 Å². The van der Waals surface area contributed by atoms with Gasteiger partial charge in [0.2, 0.25) is 0 Å². The molecule has 1 atom stereocenters. The van der Waals surface area contributed by atoms with Crippen LogP contribution in [0.15, 0.2) is 36.5 Å². The topological polar surface area (TPSA) is 64.0 Å². The second kappa shape index (κ2) is 10.0. The van der Waals surface area contributed by atoms with Crippen LogP contribution in [0.5, 0.6) is 0 Å². The minimum atomic E-state index is -4.39. The average molecular weight is 460 g/mol. The first-order valence-electron chi connectivity index (χ1n) is 11.4. The van der Waals surface area contributed by atoms with Crippen molar-refractivity contribution in [1.82, 2.24) is 10.4 Å². The van der Waals surface area contributed by atoms with Gasteiger partial charge in [-0.1, -0.05) is 19.1 Å². The fraction of sp³-hybridized carbons (Fsp3) is 0.520. The van der Waals surface area contributed by atoms with Gasteiger partial charge in [0.1, 0.15) is 5.54 Å². The molecule has 1 saturated carbocycles. The van der Waals surface area contributed by atoms with Crippen molar-refractivity contribution < 1.29 is 13.2 Å². The highest BCUT2D eigenvalue weighted by Crippen LogP contribution is 2.36. The molecule has 5 nitrogen and oxygen atoms in total. The maximum Gasteiger partial charge on any atom is 0.407 e. The molecular formula is C25H32F3N5. The Morgan fingerprint density at radius 2 is 1.94 bits per heavy atom. The van der Waals surface area contributed by atoms with Gasteiger partial charge in [0.25, 0.3) is 0 Å². The molecule has 0 amide bonds. The highest BCUT2D eigenvalue weighted by atomic mass is 19.4. The number of aromatic nitrogens is 1. The number of hydrazine groups is 1. The molecule has 2 aromatic rings. The molecule has 1 aliphatic rings. The molecule has 1 aromatic carbocycles. The zero-order valence-corrected chi connectivity index (χ0v) is 19.6. The second-order valence-corrected chi connectivity index (χ2v) is 9.22. The summed E-state index contributed by atoms with van der Waals surface area (Å²) in [7, 11) is 0. The van der Waals surface area contributed by atoms with E-state index in [0.717, 1.165) is 50.1 Å². The molecule has 0 spiro atoms. The van der Waals surface area contributed by atoms with Gasteiger partial charge in [-0.25, -0.2) is 5.43 Å². The van der Waals surface area contributed by atoms with Gasteiger partial charge < -0.3 is 10.3 Å². The van der Waals surface area contributed by atoms with E-state index in [1.807, 2.05) is 13.0 Å². The molecule has 0 aliphatic heterocycles. The van der Waals surface area contributed by atoms with Gasteiger partial charge in [-0.15, -0.1) is 0 Å². The predicted octanol–water partition coefficient (Wildman–Crippen LogP) is 6.09. The van der Waals surface area contributed by atoms with Crippen molar-refractivity contribution >= 4 is 11.4 Å². The Hall–Kier alpha value is -2.79. The van der Waals surface area contributed by atoms with E-state index >= 15 is 0 Å². The van der Waals surface area contributed by atoms with Crippen LogP contribution in [0.25, 0.3) is 0 Å². The van der Waals surface area contributed by atoms with Gasteiger partial charge in [0.15, 0.2) is 0 Å². The molecule has 8 heteroatoms. The number of hydrogen-bond donors (Lipinski definition) is 2. The Kier molecular flexibility index (Phi) is 7.53. The highest BCUT2D eigenvalue weighted by Gasteiger charge is 2.47. The molecule has 1 fully saturated rings. The van der Waals surface area contributed by atoms with E-state index in [9.17, 15) is 18.4 Å². The fourth-order valence-corrected chi connectivity index (χ4v) is 3.67. The van der Waals surface area contributed by atoms with Crippen LogP contribution >= 0.6 is 0 Å². The quantitative estimate of drug-likeness (QED) is 0.445. The van der Waals surface area contributed by atoms with Gasteiger partial charge >= 0.3 is 6.18 Å². The Morgan fingerprint density at radius 1 is 1.21 bits per heavy atom. The minimum absolute atomic E-state index is 0.226. The van der Waals surface area contributed by atoms with E-state index in [2.05, 4.69) is 51.9 Å². The molecule has 3 rings (SSSR count). The SMILES string of the molecule is CCc1ccc(C(C)C#N)c(N(Cc2ccc(NNC(C)(C)C(F)(F)F)cn2)C2CCC2)c1. The molecule has 1 aliphatic carbocycles. The van der Waals surface area contributed by atoms with Crippen molar-refractivity contribution in [2.75, 3.05) is 10.3 Å². The molecule has 0 radical (unpaired) electrons. The number of alkyl halides is 3. The molecule has 178 valence electrons. The number of nitriles is 1. The number of nitrogens with one attached hydrogen (secondary N) is 2. The summed E-state index contributed by atoms with van der Waals surface area (Å²) >= 11 is 0. The van der Waals surface area contributed by atoms with Crippen LogP contribution in [-0.2, 0) is 13.0 Å². The number of nitrogens with zero attached hydrogens (tertiary/aromatic N) is 3. The Balaban J connectivity index is 1.81. The van der Waals surface area contributed by atoms with E-state index in [-0.39, 0.29) is 5.92 Å². The minimum Gasteiger partial charge on any atom is -0.362 e. The summed E-state index contributed by atoms with van der Waals surface area (Å²) in [5.74, 6) is -0.226. The van der Waals surface area contributed by atoms with Crippen LogP contribution in [0.2, 0.25) is 0 Å². The standard InChI is InChI=1S/C25H32F3N5/c1-5-18-9-12-22(17(2)14-29)23(13-18)33(21-7-6-8-21)16-20-11-10-19(15-30-20)31-32-24(3,4)25(26,27)28/h9-13,15,17,21,31-32H,5-8,16H2,1-4H3. The first-order valence-corrected chi connectivity index (χ1v) is 11.4. The van der Waals surface area contributed by atoms with Crippen LogP contribution in [0.1, 0.15) is 69.7 Å². The summed E-state index contributed by atoms with van der Waals surface area (Å²) in [5.41, 5.74) is 7.44. The Morgan fingerprint density at radius 3 is 2.45 bits per heavy atom. The molecule has 2 N–H and O–H groups in total. The van der Waals surface area contributed by atoms with Crippen molar-refractivity contribution in [3.63, 3.8) is 0 Å². The average Bonchev–Trinajstić information content (AvgIpc) is 2.75. The number of halogens is 3. The van der Waals surface area contributed by atoms with Crippen LogP contribution in [0.4, 0.5) is 24.5 Å². The largest absolute Gasteiger partial charge is 0.407 e. The van der Waals surface area contributed by atoms with Crippen molar-refractivity contribution in [1.29, 1.82) is 5.26 Å². The number of anilines is 2. The smallest absolute Gasteiger partial charge is 0.362 e. The van der Waals surface area contributed by atoms with Crippen LogP contribution in [-0.4, -0.2) is 22.7 Å². The van der Waals surface area contributed by atoms with Crippen LogP contribution in [0, 0.1) is 11.3 Å². The van der Waals surface area contributed by atoms with E-state index in [4.69, 9.17) is 0 Å². The Bertz CT molecular complexity index is 975. The third kappa shape index (κ3) is 5.77. The van der Waals surface area contributed by atoms with Crippen molar-refractivity contribution in [2.24, 2.45) is 0 Å². The third-order valence-corrected chi connectivity index (χ3v) is 6.37. The summed E-state index contributed by atoms with van der Waals surface area (Å²) < 4.78 is 39.1. The number of rotatable bonds is 9. The molecular weight excluding hydrogens is 427 g/mol. The first kappa shape index (κ1) is 24.8. The molecule has 33 heavy (non-hydrogen) atoms. The Labute approximate surface area is 194 Å². The monoisotopic (exact) mass is 459 g/mol. The van der Waals surface area contributed by atoms with Gasteiger partial charge in [0, 0.05) is 11.7 Å². The summed E-state index contributed by atoms with van der Waals surface area (Å²) in [6.45, 7) is 6.74. The highest BCUT2D eigenvalue weighted by molar-refractivity contribution is 5.59. The van der Waals surface area contributed by atoms with Crippen molar-refractivity contribution in [3.8, 4) is 6.07 Å². The van der Waals surface area contributed by atoms with Crippen LogP contribution in [0.3, 0.4) is 0 Å². The maximum atomic E-state index is 13.0. The summed E-state index contributed by atoms with van der Waals surface area (Å²) in [6.07, 6.45) is 1.41.